The van der Waals surface area contributed by atoms with Gasteiger partial charge in [-0.2, -0.15) is 0 Å². The standard InChI is InChI=1S/C14H13NOS/c1-11-2-4-12(5-3-11)13-6-8-14(9-7-13)15(17)10-16/h2-10,17H,1H3. The van der Waals surface area contributed by atoms with Gasteiger partial charge in [0.25, 0.3) is 0 Å². The number of anilines is 1. The first-order valence-corrected chi connectivity index (χ1v) is 5.71. The van der Waals surface area contributed by atoms with Crippen LogP contribution in [0.5, 0.6) is 0 Å². The highest BCUT2D eigenvalue weighted by Crippen LogP contribution is 2.23. The van der Waals surface area contributed by atoms with Gasteiger partial charge in [0.15, 0.2) is 0 Å². The van der Waals surface area contributed by atoms with Crippen LogP contribution in [0, 0.1) is 6.92 Å². The number of rotatable bonds is 3. The van der Waals surface area contributed by atoms with E-state index in [1.54, 1.807) is 0 Å². The van der Waals surface area contributed by atoms with Crippen LogP contribution in [0.3, 0.4) is 0 Å². The summed E-state index contributed by atoms with van der Waals surface area (Å²) in [6.07, 6.45) is 0.671. The minimum atomic E-state index is 0.671. The minimum absolute atomic E-state index is 0.671. The normalized spacial score (nSPS) is 10.0. The van der Waals surface area contributed by atoms with Crippen molar-refractivity contribution in [3.8, 4) is 11.1 Å². The maximum atomic E-state index is 10.5. The second kappa shape index (κ2) is 5.06. The van der Waals surface area contributed by atoms with Crippen LogP contribution >= 0.6 is 12.8 Å². The van der Waals surface area contributed by atoms with Crippen LogP contribution in [0.15, 0.2) is 48.5 Å². The first-order chi connectivity index (χ1) is 8.20. The molecule has 0 aliphatic rings. The molecule has 0 saturated carbocycles. The van der Waals surface area contributed by atoms with Crippen LogP contribution in [-0.2, 0) is 4.79 Å². The number of amides is 1. The van der Waals surface area contributed by atoms with Gasteiger partial charge in [-0.25, -0.2) is 0 Å². The summed E-state index contributed by atoms with van der Waals surface area (Å²) >= 11 is 4.02. The fourth-order valence-corrected chi connectivity index (χ4v) is 1.75. The van der Waals surface area contributed by atoms with E-state index in [0.29, 0.717) is 6.41 Å². The third-order valence-corrected chi connectivity index (χ3v) is 2.94. The molecule has 1 amide bonds. The average Bonchev–Trinajstić information content (AvgIpc) is 2.39. The van der Waals surface area contributed by atoms with E-state index < -0.39 is 0 Å². The lowest BCUT2D eigenvalue weighted by Gasteiger charge is -2.09. The lowest BCUT2D eigenvalue weighted by molar-refractivity contribution is -0.106. The number of hydrogen-bond donors (Lipinski definition) is 1. The number of carbonyl (C=O) groups excluding carboxylic acids is 1. The van der Waals surface area contributed by atoms with Gasteiger partial charge in [-0.05, 0) is 30.2 Å². The SMILES string of the molecule is Cc1ccc(-c2ccc(N(S)C=O)cc2)cc1. The van der Waals surface area contributed by atoms with Gasteiger partial charge in [0.05, 0.1) is 5.69 Å². The van der Waals surface area contributed by atoms with Crippen LogP contribution in [0.2, 0.25) is 0 Å². The molecule has 86 valence electrons. The number of aryl methyl sites for hydroxylation is 1. The van der Waals surface area contributed by atoms with Crippen LogP contribution in [0.1, 0.15) is 5.56 Å². The maximum absolute atomic E-state index is 10.5. The van der Waals surface area contributed by atoms with Gasteiger partial charge in [0, 0.05) is 0 Å². The van der Waals surface area contributed by atoms with Gasteiger partial charge < -0.3 is 0 Å². The molecule has 3 heteroatoms. The Kier molecular flexibility index (Phi) is 3.49. The summed E-state index contributed by atoms with van der Waals surface area (Å²) in [5.41, 5.74) is 4.30. The van der Waals surface area contributed by atoms with E-state index in [9.17, 15) is 4.79 Å². The zero-order valence-corrected chi connectivity index (χ0v) is 10.4. The quantitative estimate of drug-likeness (QED) is 0.646. The van der Waals surface area contributed by atoms with E-state index >= 15 is 0 Å². The highest BCUT2D eigenvalue weighted by atomic mass is 32.1. The van der Waals surface area contributed by atoms with Crippen molar-refractivity contribution in [3.05, 3.63) is 54.1 Å². The Labute approximate surface area is 106 Å². The Balaban J connectivity index is 2.29. The molecule has 0 radical (unpaired) electrons. The van der Waals surface area contributed by atoms with Crippen molar-refractivity contribution in [1.29, 1.82) is 0 Å². The third kappa shape index (κ3) is 2.68. The van der Waals surface area contributed by atoms with Gasteiger partial charge in [-0.3, -0.25) is 9.10 Å². The molecular formula is C14H13NOS. The van der Waals surface area contributed by atoms with E-state index in [1.807, 2.05) is 24.3 Å². The lowest BCUT2D eigenvalue weighted by Crippen LogP contribution is -2.05. The predicted molar refractivity (Wildman–Crippen MR) is 74.1 cm³/mol. The van der Waals surface area contributed by atoms with Crippen molar-refractivity contribution in [1.82, 2.24) is 0 Å². The molecule has 0 bridgehead atoms. The summed E-state index contributed by atoms with van der Waals surface area (Å²) in [6, 6.07) is 16.0. The topological polar surface area (TPSA) is 20.3 Å². The van der Waals surface area contributed by atoms with Gasteiger partial charge in [0.2, 0.25) is 6.41 Å². The fourth-order valence-electron chi connectivity index (χ4n) is 1.61. The second-order valence-electron chi connectivity index (χ2n) is 3.86. The molecule has 2 aromatic carbocycles. The zero-order valence-electron chi connectivity index (χ0n) is 9.50. The van der Waals surface area contributed by atoms with E-state index in [1.165, 1.54) is 15.4 Å². The van der Waals surface area contributed by atoms with E-state index in [4.69, 9.17) is 0 Å². The van der Waals surface area contributed by atoms with Crippen molar-refractivity contribution in [2.24, 2.45) is 0 Å². The zero-order chi connectivity index (χ0) is 12.3. The van der Waals surface area contributed by atoms with E-state index in [-0.39, 0.29) is 0 Å². The van der Waals surface area contributed by atoms with Gasteiger partial charge >= 0.3 is 0 Å². The molecule has 0 aliphatic heterocycles. The van der Waals surface area contributed by atoms with Gasteiger partial charge in [-0.1, -0.05) is 54.8 Å². The Morgan fingerprint density at radius 2 is 1.41 bits per heavy atom. The molecule has 0 unspecified atom stereocenters. The molecule has 0 spiro atoms. The van der Waals surface area contributed by atoms with Crippen LogP contribution in [0.25, 0.3) is 11.1 Å². The molecule has 0 N–H and O–H groups in total. The maximum Gasteiger partial charge on any atom is 0.224 e. The van der Waals surface area contributed by atoms with Gasteiger partial charge in [-0.15, -0.1) is 0 Å². The van der Waals surface area contributed by atoms with E-state index in [0.717, 1.165) is 11.3 Å². The number of benzene rings is 2. The summed E-state index contributed by atoms with van der Waals surface area (Å²) in [7, 11) is 0. The van der Waals surface area contributed by atoms with Crippen LogP contribution in [-0.4, -0.2) is 6.41 Å². The molecule has 0 fully saturated rings. The molecule has 2 aromatic rings. The van der Waals surface area contributed by atoms with Crippen molar-refractivity contribution in [2.75, 3.05) is 4.31 Å². The first-order valence-electron chi connectivity index (χ1n) is 5.31. The Morgan fingerprint density at radius 1 is 0.941 bits per heavy atom. The highest BCUT2D eigenvalue weighted by molar-refractivity contribution is 7.82. The number of thiol groups is 1. The molecule has 17 heavy (non-hydrogen) atoms. The van der Waals surface area contributed by atoms with Crippen LogP contribution < -0.4 is 4.31 Å². The summed E-state index contributed by atoms with van der Waals surface area (Å²) in [5, 5.41) is 0. The molecular weight excluding hydrogens is 230 g/mol. The fraction of sp³-hybridized carbons (Fsp3) is 0.0714. The largest absolute Gasteiger partial charge is 0.277 e. The smallest absolute Gasteiger partial charge is 0.224 e. The number of hydrogen-bond acceptors (Lipinski definition) is 2. The molecule has 0 heterocycles. The molecule has 0 atom stereocenters. The first kappa shape index (κ1) is 11.7. The number of carbonyl (C=O) groups is 1. The summed E-state index contributed by atoms with van der Waals surface area (Å²) in [5.74, 6) is 0. The number of nitrogens with zero attached hydrogens (tertiary/aromatic N) is 1. The van der Waals surface area contributed by atoms with Gasteiger partial charge in [0.1, 0.15) is 0 Å². The molecule has 0 aliphatic carbocycles. The molecule has 2 nitrogen and oxygen atoms in total. The van der Waals surface area contributed by atoms with Crippen molar-refractivity contribution < 1.29 is 4.79 Å². The third-order valence-electron chi connectivity index (χ3n) is 2.62. The Morgan fingerprint density at radius 3 is 1.88 bits per heavy atom. The summed E-state index contributed by atoms with van der Waals surface area (Å²) in [4.78, 5) is 10.5. The molecule has 0 saturated heterocycles. The van der Waals surface area contributed by atoms with Crippen molar-refractivity contribution >= 4 is 24.9 Å². The van der Waals surface area contributed by atoms with E-state index in [2.05, 4.69) is 44.0 Å². The molecule has 0 aromatic heterocycles. The highest BCUT2D eigenvalue weighted by Gasteiger charge is 2.01. The predicted octanol–water partition coefficient (Wildman–Crippen LogP) is 3.47. The minimum Gasteiger partial charge on any atom is -0.277 e. The van der Waals surface area contributed by atoms with Crippen molar-refractivity contribution in [3.63, 3.8) is 0 Å². The summed E-state index contributed by atoms with van der Waals surface area (Å²) in [6.45, 7) is 2.07. The van der Waals surface area contributed by atoms with Crippen LogP contribution in [0.4, 0.5) is 5.69 Å². The lowest BCUT2D eigenvalue weighted by atomic mass is 10.0. The second-order valence-corrected chi connectivity index (χ2v) is 4.29. The Bertz CT molecular complexity index is 505. The Hall–Kier alpha value is -1.74. The average molecular weight is 243 g/mol. The molecule has 2 rings (SSSR count). The van der Waals surface area contributed by atoms with Crippen molar-refractivity contribution in [2.45, 2.75) is 6.92 Å². The monoisotopic (exact) mass is 243 g/mol. The summed E-state index contributed by atoms with van der Waals surface area (Å²) < 4.78 is 1.25.